The Morgan fingerprint density at radius 1 is 1.23 bits per heavy atom. The van der Waals surface area contributed by atoms with Gasteiger partial charge in [-0.2, -0.15) is 0 Å². The number of benzene rings is 1. The van der Waals surface area contributed by atoms with Crippen LogP contribution in [0.5, 0.6) is 0 Å². The molecule has 4 nitrogen and oxygen atoms in total. The van der Waals surface area contributed by atoms with Gasteiger partial charge in [-0.1, -0.05) is 30.3 Å². The van der Waals surface area contributed by atoms with Gasteiger partial charge in [0, 0.05) is 0 Å². The minimum absolute atomic E-state index is 0. The van der Waals surface area contributed by atoms with Gasteiger partial charge in [-0.15, -0.1) is 0 Å². The minimum Gasteiger partial charge on any atom is -0.726 e. The topological polar surface area (TPSA) is 66.4 Å². The molecule has 0 bridgehead atoms. The molecular formula is C7H7LiO4S. The summed E-state index contributed by atoms with van der Waals surface area (Å²) in [6.07, 6.45) is 0. The van der Waals surface area contributed by atoms with Crippen LogP contribution in [0.3, 0.4) is 0 Å². The second-order valence-electron chi connectivity index (χ2n) is 2.16. The van der Waals surface area contributed by atoms with Crippen LogP contribution in [0, 0.1) is 0 Å². The Morgan fingerprint density at radius 3 is 2.23 bits per heavy atom. The van der Waals surface area contributed by atoms with Gasteiger partial charge in [-0.25, -0.2) is 8.42 Å². The zero-order valence-electron chi connectivity index (χ0n) is 7.14. The molecule has 1 rings (SSSR count). The summed E-state index contributed by atoms with van der Waals surface area (Å²) in [6.45, 7) is -0.202. The Labute approximate surface area is 89.0 Å². The van der Waals surface area contributed by atoms with Gasteiger partial charge >= 0.3 is 18.9 Å². The Morgan fingerprint density at radius 2 is 1.77 bits per heavy atom. The van der Waals surface area contributed by atoms with Crippen molar-refractivity contribution in [3.05, 3.63) is 35.9 Å². The Bertz CT molecular complexity index is 335. The smallest absolute Gasteiger partial charge is 0.726 e. The summed E-state index contributed by atoms with van der Waals surface area (Å²) in [4.78, 5) is 0. The van der Waals surface area contributed by atoms with Crippen LogP contribution in [0.2, 0.25) is 0 Å². The molecule has 0 aromatic heterocycles. The molecule has 0 saturated heterocycles. The standard InChI is InChI=1S/C7H8O4S.Li/c8-12(9,10)11-6-7-4-2-1-3-5-7;/h1-5H,6H2,(H,8,9,10);/q;+1/p-1. The van der Waals surface area contributed by atoms with Crippen molar-refractivity contribution in [2.45, 2.75) is 6.61 Å². The molecule has 6 heteroatoms. The molecule has 1 aromatic rings. The van der Waals surface area contributed by atoms with Crippen molar-refractivity contribution in [2.24, 2.45) is 0 Å². The Hall–Kier alpha value is -0.313. The predicted octanol–water partition coefficient (Wildman–Crippen LogP) is -2.33. The molecule has 0 amide bonds. The summed E-state index contributed by atoms with van der Waals surface area (Å²) in [7, 11) is -4.57. The van der Waals surface area contributed by atoms with Gasteiger partial charge in [-0.3, -0.25) is 4.18 Å². The zero-order valence-corrected chi connectivity index (χ0v) is 7.95. The van der Waals surface area contributed by atoms with Crippen LogP contribution in [0.15, 0.2) is 30.3 Å². The average molecular weight is 194 g/mol. The summed E-state index contributed by atoms with van der Waals surface area (Å²) in [5.41, 5.74) is 0.650. The summed E-state index contributed by atoms with van der Waals surface area (Å²) in [6, 6.07) is 8.60. The van der Waals surface area contributed by atoms with Gasteiger partial charge in [0.15, 0.2) is 0 Å². The fourth-order valence-electron chi connectivity index (χ4n) is 0.714. The Kier molecular flexibility index (Phi) is 5.29. The molecular weight excluding hydrogens is 187 g/mol. The van der Waals surface area contributed by atoms with E-state index in [0.29, 0.717) is 5.56 Å². The molecule has 66 valence electrons. The molecule has 0 radical (unpaired) electrons. The molecule has 13 heavy (non-hydrogen) atoms. The first-order chi connectivity index (χ1) is 5.58. The molecule has 0 aliphatic carbocycles. The van der Waals surface area contributed by atoms with Crippen molar-refractivity contribution < 1.29 is 36.0 Å². The van der Waals surface area contributed by atoms with Gasteiger partial charge < -0.3 is 4.55 Å². The monoisotopic (exact) mass is 194 g/mol. The third kappa shape index (κ3) is 5.85. The van der Waals surface area contributed by atoms with E-state index in [1.54, 1.807) is 30.3 Å². The average Bonchev–Trinajstić information content (AvgIpc) is 2.02. The van der Waals surface area contributed by atoms with Crippen molar-refractivity contribution in [3.63, 3.8) is 0 Å². The number of hydrogen-bond acceptors (Lipinski definition) is 4. The fraction of sp³-hybridized carbons (Fsp3) is 0.143. The molecule has 0 heterocycles. The normalized spacial score (nSPS) is 10.5. The van der Waals surface area contributed by atoms with Gasteiger partial charge in [0.05, 0.1) is 6.61 Å². The van der Waals surface area contributed by atoms with Crippen LogP contribution >= 0.6 is 0 Å². The van der Waals surface area contributed by atoms with E-state index in [-0.39, 0.29) is 25.5 Å². The molecule has 0 saturated carbocycles. The summed E-state index contributed by atoms with van der Waals surface area (Å²) in [5.74, 6) is 0. The SMILES string of the molecule is O=S(=O)([O-])OCc1ccccc1.[Li+]. The number of hydrogen-bond donors (Lipinski definition) is 0. The first kappa shape index (κ1) is 12.7. The quantitative estimate of drug-likeness (QED) is 0.307. The van der Waals surface area contributed by atoms with E-state index in [1.165, 1.54) is 0 Å². The van der Waals surface area contributed by atoms with Gasteiger partial charge in [0.2, 0.25) is 10.4 Å². The van der Waals surface area contributed by atoms with E-state index in [4.69, 9.17) is 0 Å². The van der Waals surface area contributed by atoms with E-state index >= 15 is 0 Å². The molecule has 0 spiro atoms. The van der Waals surface area contributed by atoms with Gasteiger partial charge in [-0.05, 0) is 5.56 Å². The van der Waals surface area contributed by atoms with Gasteiger partial charge in [0.25, 0.3) is 0 Å². The van der Waals surface area contributed by atoms with Crippen molar-refractivity contribution >= 4 is 10.4 Å². The summed E-state index contributed by atoms with van der Waals surface area (Å²) in [5, 5.41) is 0. The van der Waals surface area contributed by atoms with E-state index in [0.717, 1.165) is 0 Å². The molecule has 0 atom stereocenters. The van der Waals surface area contributed by atoms with Crippen molar-refractivity contribution in [2.75, 3.05) is 0 Å². The van der Waals surface area contributed by atoms with E-state index in [2.05, 4.69) is 4.18 Å². The van der Waals surface area contributed by atoms with Crippen molar-refractivity contribution in [3.8, 4) is 0 Å². The van der Waals surface area contributed by atoms with E-state index in [9.17, 15) is 13.0 Å². The van der Waals surface area contributed by atoms with Crippen LogP contribution < -0.4 is 18.9 Å². The van der Waals surface area contributed by atoms with Crippen LogP contribution in [-0.4, -0.2) is 13.0 Å². The number of rotatable bonds is 3. The summed E-state index contributed by atoms with van der Waals surface area (Å²) >= 11 is 0. The van der Waals surface area contributed by atoms with Crippen LogP contribution in [0.1, 0.15) is 5.56 Å². The third-order valence-electron chi connectivity index (χ3n) is 1.21. The third-order valence-corrected chi connectivity index (χ3v) is 1.62. The summed E-state index contributed by atoms with van der Waals surface area (Å²) < 4.78 is 34.1. The minimum atomic E-state index is -4.57. The predicted molar refractivity (Wildman–Crippen MR) is 40.9 cm³/mol. The molecule has 0 N–H and O–H groups in total. The molecule has 0 fully saturated rings. The fourth-order valence-corrected chi connectivity index (χ4v) is 0.995. The molecule has 0 aliphatic rings. The zero-order chi connectivity index (χ0) is 9.03. The van der Waals surface area contributed by atoms with Crippen molar-refractivity contribution in [1.29, 1.82) is 0 Å². The van der Waals surface area contributed by atoms with E-state index in [1.807, 2.05) is 0 Å². The Balaban J connectivity index is 0.00000144. The van der Waals surface area contributed by atoms with Crippen LogP contribution in [-0.2, 0) is 21.2 Å². The van der Waals surface area contributed by atoms with E-state index < -0.39 is 10.4 Å². The largest absolute Gasteiger partial charge is 1.00 e. The maximum Gasteiger partial charge on any atom is 1.00 e. The van der Waals surface area contributed by atoms with Crippen molar-refractivity contribution in [1.82, 2.24) is 0 Å². The maximum atomic E-state index is 10.0. The molecule has 0 unspecified atom stereocenters. The second kappa shape index (κ2) is 5.42. The first-order valence-corrected chi connectivity index (χ1v) is 4.55. The maximum absolute atomic E-state index is 10.0. The molecule has 1 aromatic carbocycles. The van der Waals surface area contributed by atoms with Gasteiger partial charge in [0.1, 0.15) is 0 Å². The van der Waals surface area contributed by atoms with Crippen LogP contribution in [0.25, 0.3) is 0 Å². The first-order valence-electron chi connectivity index (χ1n) is 3.22. The van der Waals surface area contributed by atoms with Crippen LogP contribution in [0.4, 0.5) is 0 Å². The molecule has 0 aliphatic heterocycles. The second-order valence-corrected chi connectivity index (χ2v) is 3.21.